The Morgan fingerprint density at radius 3 is 1.80 bits per heavy atom. The van der Waals surface area contributed by atoms with E-state index < -0.39 is 11.6 Å². The summed E-state index contributed by atoms with van der Waals surface area (Å²) in [4.78, 5) is 31.3. The van der Waals surface area contributed by atoms with Gasteiger partial charge in [-0.1, -0.05) is 76.1 Å². The average Bonchev–Trinajstić information content (AvgIpc) is 2.83. The molecule has 0 unspecified atom stereocenters. The number of carbonyl (C=O) groups is 3. The van der Waals surface area contributed by atoms with Crippen molar-refractivity contribution in [3.05, 3.63) is 79.9 Å². The van der Waals surface area contributed by atoms with E-state index in [0.717, 1.165) is 18.9 Å². The molecule has 1 aromatic rings. The Balaban J connectivity index is -0.000000390. The maximum atomic E-state index is 10.5. The van der Waals surface area contributed by atoms with Gasteiger partial charge < -0.3 is 19.3 Å². The zero-order chi connectivity index (χ0) is 27.7. The van der Waals surface area contributed by atoms with Crippen LogP contribution in [0.4, 0.5) is 0 Å². The van der Waals surface area contributed by atoms with E-state index in [2.05, 4.69) is 35.8 Å². The van der Waals surface area contributed by atoms with E-state index in [4.69, 9.17) is 9.84 Å². The van der Waals surface area contributed by atoms with Crippen molar-refractivity contribution in [3.8, 4) is 0 Å². The first-order valence-corrected chi connectivity index (χ1v) is 11.1. The first kappa shape index (κ1) is 36.1. The zero-order valence-corrected chi connectivity index (χ0v) is 21.9. The second-order valence-electron chi connectivity index (χ2n) is 7.72. The molecule has 0 amide bonds. The Kier molecular flexibility index (Phi) is 24.5. The SMILES string of the molecule is C=C(C)C(=O)OCCO.C=CC(=O)OC(C)(C)C.C=CC(=O)OCCCC.C=Cc1ccccc1. The van der Waals surface area contributed by atoms with Crippen LogP contribution in [-0.4, -0.2) is 48.4 Å². The van der Waals surface area contributed by atoms with Crippen molar-refractivity contribution in [2.24, 2.45) is 0 Å². The minimum Gasteiger partial charge on any atom is -0.463 e. The summed E-state index contributed by atoms with van der Waals surface area (Å²) in [5.74, 6) is -1.16. The molecule has 0 saturated carbocycles. The van der Waals surface area contributed by atoms with Gasteiger partial charge in [-0.3, -0.25) is 0 Å². The molecule has 196 valence electrons. The van der Waals surface area contributed by atoms with Gasteiger partial charge in [-0.05, 0) is 39.7 Å². The van der Waals surface area contributed by atoms with Crippen LogP contribution in [0.5, 0.6) is 0 Å². The molecular formula is C28H42O7. The van der Waals surface area contributed by atoms with Crippen LogP contribution in [0.1, 0.15) is 53.0 Å². The second kappa shape index (κ2) is 23.7. The van der Waals surface area contributed by atoms with Crippen molar-refractivity contribution in [2.45, 2.75) is 53.1 Å². The van der Waals surface area contributed by atoms with Crippen molar-refractivity contribution in [2.75, 3.05) is 19.8 Å². The van der Waals surface area contributed by atoms with Crippen molar-refractivity contribution in [1.82, 2.24) is 0 Å². The summed E-state index contributed by atoms with van der Waals surface area (Å²) in [6.07, 6.45) is 6.14. The van der Waals surface area contributed by atoms with Gasteiger partial charge in [-0.15, -0.1) is 0 Å². The molecule has 1 N–H and O–H groups in total. The Bertz CT molecular complexity index is 757. The van der Waals surface area contributed by atoms with E-state index in [0.29, 0.717) is 12.2 Å². The molecule has 1 rings (SSSR count). The largest absolute Gasteiger partial charge is 0.463 e. The Hall–Kier alpha value is -3.45. The van der Waals surface area contributed by atoms with Gasteiger partial charge in [0.2, 0.25) is 0 Å². The van der Waals surface area contributed by atoms with E-state index >= 15 is 0 Å². The molecule has 0 heterocycles. The van der Waals surface area contributed by atoms with Crippen LogP contribution in [-0.2, 0) is 28.6 Å². The van der Waals surface area contributed by atoms with Crippen molar-refractivity contribution in [1.29, 1.82) is 0 Å². The monoisotopic (exact) mass is 490 g/mol. The molecule has 0 aliphatic carbocycles. The number of ether oxygens (including phenoxy) is 3. The first-order valence-electron chi connectivity index (χ1n) is 11.1. The predicted octanol–water partition coefficient (Wildman–Crippen LogP) is 5.46. The highest BCUT2D eigenvalue weighted by molar-refractivity contribution is 5.86. The fourth-order valence-electron chi connectivity index (χ4n) is 1.57. The van der Waals surface area contributed by atoms with Gasteiger partial charge in [0.15, 0.2) is 0 Å². The lowest BCUT2D eigenvalue weighted by Crippen LogP contribution is -2.22. The molecule has 0 fully saturated rings. The van der Waals surface area contributed by atoms with E-state index in [1.807, 2.05) is 64.1 Å². The minimum atomic E-state index is -0.455. The van der Waals surface area contributed by atoms with Crippen molar-refractivity contribution >= 4 is 24.0 Å². The molecule has 0 saturated heterocycles. The van der Waals surface area contributed by atoms with Gasteiger partial charge in [-0.25, -0.2) is 14.4 Å². The van der Waals surface area contributed by atoms with Crippen LogP contribution < -0.4 is 0 Å². The lowest BCUT2D eigenvalue weighted by atomic mass is 10.2. The predicted molar refractivity (Wildman–Crippen MR) is 141 cm³/mol. The van der Waals surface area contributed by atoms with Gasteiger partial charge in [-0.2, -0.15) is 0 Å². The quantitative estimate of drug-likeness (QED) is 0.212. The van der Waals surface area contributed by atoms with Crippen LogP contribution in [0.2, 0.25) is 0 Å². The lowest BCUT2D eigenvalue weighted by molar-refractivity contribution is -0.148. The summed E-state index contributed by atoms with van der Waals surface area (Å²) in [6.45, 7) is 23.0. The van der Waals surface area contributed by atoms with Crippen LogP contribution in [0.15, 0.2) is 74.4 Å². The molecule has 0 atom stereocenters. The number of unbranched alkanes of at least 4 members (excludes halogenated alkanes) is 1. The van der Waals surface area contributed by atoms with Gasteiger partial charge in [0.1, 0.15) is 12.2 Å². The van der Waals surface area contributed by atoms with Crippen molar-refractivity contribution < 1.29 is 33.7 Å². The molecule has 7 heteroatoms. The topological polar surface area (TPSA) is 99.1 Å². The van der Waals surface area contributed by atoms with Gasteiger partial charge >= 0.3 is 17.9 Å². The highest BCUT2D eigenvalue weighted by atomic mass is 16.6. The minimum absolute atomic E-state index is 0.0473. The number of rotatable bonds is 9. The molecule has 0 aliphatic rings. The molecule has 0 spiro atoms. The summed E-state index contributed by atoms with van der Waals surface area (Å²) in [6, 6.07) is 10.0. The van der Waals surface area contributed by atoms with Gasteiger partial charge in [0.25, 0.3) is 0 Å². The number of aliphatic hydroxyl groups is 1. The molecule has 0 aromatic heterocycles. The molecule has 0 aliphatic heterocycles. The molecule has 0 bridgehead atoms. The van der Waals surface area contributed by atoms with Gasteiger partial charge in [0.05, 0.1) is 13.2 Å². The summed E-state index contributed by atoms with van der Waals surface area (Å²) >= 11 is 0. The maximum Gasteiger partial charge on any atom is 0.333 e. The first-order chi connectivity index (χ1) is 16.4. The lowest BCUT2D eigenvalue weighted by Gasteiger charge is -2.17. The Labute approximate surface area is 210 Å². The normalized spacial score (nSPS) is 9.09. The molecule has 7 nitrogen and oxygen atoms in total. The second-order valence-corrected chi connectivity index (χ2v) is 7.72. The number of aliphatic hydroxyl groups excluding tert-OH is 1. The van der Waals surface area contributed by atoms with Crippen LogP contribution in [0.3, 0.4) is 0 Å². The zero-order valence-electron chi connectivity index (χ0n) is 21.9. The maximum absolute atomic E-state index is 10.5. The smallest absolute Gasteiger partial charge is 0.333 e. The van der Waals surface area contributed by atoms with Crippen LogP contribution >= 0.6 is 0 Å². The summed E-state index contributed by atoms with van der Waals surface area (Å²) in [7, 11) is 0. The number of benzene rings is 1. The number of hydrogen-bond donors (Lipinski definition) is 1. The van der Waals surface area contributed by atoms with E-state index in [-0.39, 0.29) is 25.2 Å². The fraction of sp³-hybridized carbons (Fsp3) is 0.393. The highest BCUT2D eigenvalue weighted by Gasteiger charge is 2.12. The third-order valence-electron chi connectivity index (χ3n) is 3.19. The standard InChI is InChI=1S/C8H8.2C7H12O2.C6H10O3/c1-2-8-6-4-3-5-7-8;1-5-6(8)9-7(2,3)4;1-3-5-6-9-7(8)4-2;1-5(2)6(8)9-4-3-7/h2-7H,1H2;5H,1H2,2-4H3;4H,2-3,5-6H2,1H3;7H,1,3-4H2,2H3. The number of carbonyl (C=O) groups excluding carboxylic acids is 3. The van der Waals surface area contributed by atoms with E-state index in [1.54, 1.807) is 6.92 Å². The molecule has 1 aromatic carbocycles. The van der Waals surface area contributed by atoms with Crippen LogP contribution in [0, 0.1) is 0 Å². The number of hydrogen-bond acceptors (Lipinski definition) is 7. The van der Waals surface area contributed by atoms with Gasteiger partial charge in [0, 0.05) is 17.7 Å². The summed E-state index contributed by atoms with van der Waals surface area (Å²) in [5.41, 5.74) is 1.13. The summed E-state index contributed by atoms with van der Waals surface area (Å²) in [5, 5.41) is 8.19. The van der Waals surface area contributed by atoms with E-state index in [1.165, 1.54) is 11.6 Å². The van der Waals surface area contributed by atoms with Crippen molar-refractivity contribution in [3.63, 3.8) is 0 Å². The molecular weight excluding hydrogens is 448 g/mol. The average molecular weight is 491 g/mol. The Morgan fingerprint density at radius 1 is 0.943 bits per heavy atom. The molecule has 0 radical (unpaired) electrons. The third kappa shape index (κ3) is 30.5. The van der Waals surface area contributed by atoms with Crippen LogP contribution in [0.25, 0.3) is 6.08 Å². The highest BCUT2D eigenvalue weighted by Crippen LogP contribution is 2.06. The fourth-order valence-corrected chi connectivity index (χ4v) is 1.57. The molecule has 35 heavy (non-hydrogen) atoms. The Morgan fingerprint density at radius 2 is 1.49 bits per heavy atom. The third-order valence-corrected chi connectivity index (χ3v) is 3.19. The number of esters is 3. The van der Waals surface area contributed by atoms with E-state index in [9.17, 15) is 14.4 Å². The summed E-state index contributed by atoms with van der Waals surface area (Å²) < 4.78 is 14.0.